The number of hydrogen-bond acceptors (Lipinski definition) is 7. The van der Waals surface area contributed by atoms with Crippen LogP contribution in [-0.2, 0) is 18.3 Å². The molecule has 1 N–H and O–H groups in total. The molecule has 148 valence electrons. The van der Waals surface area contributed by atoms with Crippen LogP contribution in [0.3, 0.4) is 0 Å². The first-order valence-electron chi connectivity index (χ1n) is 8.96. The van der Waals surface area contributed by atoms with Crippen molar-refractivity contribution in [2.24, 2.45) is 7.05 Å². The maximum atomic E-state index is 12.1. The lowest BCUT2D eigenvalue weighted by Crippen LogP contribution is -2.14. The van der Waals surface area contributed by atoms with E-state index in [-0.39, 0.29) is 17.8 Å². The van der Waals surface area contributed by atoms with Gasteiger partial charge in [0, 0.05) is 12.4 Å². The first kappa shape index (κ1) is 20.3. The largest absolute Gasteiger partial charge is 0.483 e. The van der Waals surface area contributed by atoms with E-state index in [1.807, 2.05) is 43.0 Å². The third kappa shape index (κ3) is 5.11. The standard InChI is InChI=1S/C19H23N5O2S2/c1-5-14-6-8-15(9-7-14)26-13(3)17-22-23-19(24(17)4)28-11-16(25)21-18-20-12(2)10-27-18/h6-10,13H,5,11H2,1-4H3,(H,20,21,25)/t13-/m1/s1. The number of anilines is 1. The van der Waals surface area contributed by atoms with Crippen LogP contribution in [0.15, 0.2) is 34.8 Å². The molecule has 3 rings (SSSR count). The fourth-order valence-electron chi connectivity index (χ4n) is 2.56. The predicted octanol–water partition coefficient (Wildman–Crippen LogP) is 4.01. The Labute approximate surface area is 172 Å². The van der Waals surface area contributed by atoms with Gasteiger partial charge >= 0.3 is 0 Å². The number of thioether (sulfide) groups is 1. The maximum absolute atomic E-state index is 12.1. The number of nitrogens with one attached hydrogen (secondary N) is 1. The zero-order valence-corrected chi connectivity index (χ0v) is 17.9. The van der Waals surface area contributed by atoms with Crippen molar-refractivity contribution in [3.63, 3.8) is 0 Å². The molecule has 28 heavy (non-hydrogen) atoms. The monoisotopic (exact) mass is 417 g/mol. The lowest BCUT2D eigenvalue weighted by Gasteiger charge is -2.14. The summed E-state index contributed by atoms with van der Waals surface area (Å²) in [4.78, 5) is 16.3. The summed E-state index contributed by atoms with van der Waals surface area (Å²) in [5, 5.41) is 14.4. The van der Waals surface area contributed by atoms with Crippen LogP contribution in [0, 0.1) is 6.92 Å². The molecule has 3 aromatic rings. The van der Waals surface area contributed by atoms with E-state index in [1.165, 1.54) is 28.7 Å². The number of aromatic nitrogens is 4. The zero-order chi connectivity index (χ0) is 20.1. The number of benzene rings is 1. The van der Waals surface area contributed by atoms with E-state index in [2.05, 4.69) is 39.6 Å². The highest BCUT2D eigenvalue weighted by molar-refractivity contribution is 7.99. The van der Waals surface area contributed by atoms with E-state index >= 15 is 0 Å². The highest BCUT2D eigenvalue weighted by Crippen LogP contribution is 2.24. The molecule has 2 heterocycles. The second-order valence-electron chi connectivity index (χ2n) is 6.29. The van der Waals surface area contributed by atoms with Crippen LogP contribution in [0.1, 0.15) is 37.0 Å². The molecule has 0 spiro atoms. The molecule has 0 saturated heterocycles. The highest BCUT2D eigenvalue weighted by atomic mass is 32.2. The normalized spacial score (nSPS) is 12.0. The molecule has 2 aromatic heterocycles. The number of carbonyl (C=O) groups is 1. The molecule has 0 unspecified atom stereocenters. The van der Waals surface area contributed by atoms with Gasteiger partial charge in [-0.05, 0) is 38.0 Å². The lowest BCUT2D eigenvalue weighted by atomic mass is 10.2. The Morgan fingerprint density at radius 3 is 2.71 bits per heavy atom. The predicted molar refractivity (Wildman–Crippen MR) is 112 cm³/mol. The minimum absolute atomic E-state index is 0.121. The van der Waals surface area contributed by atoms with Gasteiger partial charge in [0.15, 0.2) is 22.2 Å². The second-order valence-corrected chi connectivity index (χ2v) is 8.09. The van der Waals surface area contributed by atoms with Gasteiger partial charge in [-0.15, -0.1) is 21.5 Å². The van der Waals surface area contributed by atoms with Gasteiger partial charge < -0.3 is 14.6 Å². The molecule has 0 radical (unpaired) electrons. The number of aryl methyl sites for hydroxylation is 2. The van der Waals surface area contributed by atoms with Crippen molar-refractivity contribution in [1.29, 1.82) is 0 Å². The first-order chi connectivity index (χ1) is 13.5. The number of rotatable bonds is 8. The number of ether oxygens (including phenoxy) is 1. The Morgan fingerprint density at radius 2 is 2.07 bits per heavy atom. The van der Waals surface area contributed by atoms with Crippen molar-refractivity contribution >= 4 is 34.1 Å². The summed E-state index contributed by atoms with van der Waals surface area (Å²) in [6.45, 7) is 5.95. The van der Waals surface area contributed by atoms with Crippen LogP contribution in [-0.4, -0.2) is 31.4 Å². The summed E-state index contributed by atoms with van der Waals surface area (Å²) < 4.78 is 7.84. The number of amides is 1. The van der Waals surface area contributed by atoms with E-state index < -0.39 is 0 Å². The van der Waals surface area contributed by atoms with Gasteiger partial charge in [0.1, 0.15) is 5.75 Å². The molecular weight excluding hydrogens is 394 g/mol. The average Bonchev–Trinajstić information content (AvgIpc) is 3.26. The van der Waals surface area contributed by atoms with Gasteiger partial charge in [-0.25, -0.2) is 4.98 Å². The Hall–Kier alpha value is -2.39. The maximum Gasteiger partial charge on any atom is 0.236 e. The van der Waals surface area contributed by atoms with Gasteiger partial charge in [-0.1, -0.05) is 30.8 Å². The molecule has 1 aromatic carbocycles. The Morgan fingerprint density at radius 1 is 1.32 bits per heavy atom. The molecule has 0 aliphatic carbocycles. The lowest BCUT2D eigenvalue weighted by molar-refractivity contribution is -0.113. The molecule has 0 fully saturated rings. The number of carbonyl (C=O) groups excluding carboxylic acids is 1. The topological polar surface area (TPSA) is 81.9 Å². The molecule has 0 aliphatic rings. The quantitative estimate of drug-likeness (QED) is 0.558. The molecule has 0 bridgehead atoms. The van der Waals surface area contributed by atoms with E-state index in [0.29, 0.717) is 16.1 Å². The van der Waals surface area contributed by atoms with Gasteiger partial charge in [-0.3, -0.25) is 4.79 Å². The fourth-order valence-corrected chi connectivity index (χ4v) is 3.99. The van der Waals surface area contributed by atoms with Gasteiger partial charge in [0.2, 0.25) is 5.91 Å². The SMILES string of the molecule is CCc1ccc(O[C@H](C)c2nnc(SCC(=O)Nc3nc(C)cs3)n2C)cc1. The van der Waals surface area contributed by atoms with Crippen LogP contribution in [0.4, 0.5) is 5.13 Å². The molecule has 0 aliphatic heterocycles. The summed E-state index contributed by atoms with van der Waals surface area (Å²) in [5.74, 6) is 1.61. The first-order valence-corrected chi connectivity index (χ1v) is 10.8. The number of nitrogens with zero attached hydrogens (tertiary/aromatic N) is 4. The summed E-state index contributed by atoms with van der Waals surface area (Å²) in [5.41, 5.74) is 2.16. The number of thiazole rings is 1. The van der Waals surface area contributed by atoms with Crippen LogP contribution in [0.25, 0.3) is 0 Å². The van der Waals surface area contributed by atoms with Crippen molar-refractivity contribution < 1.29 is 9.53 Å². The van der Waals surface area contributed by atoms with Crippen molar-refractivity contribution in [2.45, 2.75) is 38.5 Å². The van der Waals surface area contributed by atoms with Crippen molar-refractivity contribution in [1.82, 2.24) is 19.7 Å². The minimum Gasteiger partial charge on any atom is -0.483 e. The molecule has 1 atom stereocenters. The minimum atomic E-state index is -0.258. The molecule has 1 amide bonds. The van der Waals surface area contributed by atoms with Crippen molar-refractivity contribution in [3.05, 3.63) is 46.7 Å². The van der Waals surface area contributed by atoms with E-state index in [1.54, 1.807) is 0 Å². The van der Waals surface area contributed by atoms with E-state index in [4.69, 9.17) is 4.74 Å². The summed E-state index contributed by atoms with van der Waals surface area (Å²) >= 11 is 2.74. The van der Waals surface area contributed by atoms with Crippen LogP contribution in [0.5, 0.6) is 5.75 Å². The molecular formula is C19H23N5O2S2. The van der Waals surface area contributed by atoms with Crippen LogP contribution >= 0.6 is 23.1 Å². The fraction of sp³-hybridized carbons (Fsp3) is 0.368. The average molecular weight is 418 g/mol. The van der Waals surface area contributed by atoms with Crippen molar-refractivity contribution in [2.75, 3.05) is 11.1 Å². The Bertz CT molecular complexity index is 936. The molecule has 0 saturated carbocycles. The van der Waals surface area contributed by atoms with Gasteiger partial charge in [0.05, 0.1) is 11.4 Å². The van der Waals surface area contributed by atoms with E-state index in [0.717, 1.165) is 17.9 Å². The molecule has 7 nitrogen and oxygen atoms in total. The second kappa shape index (κ2) is 9.20. The van der Waals surface area contributed by atoms with Gasteiger partial charge in [0.25, 0.3) is 0 Å². The van der Waals surface area contributed by atoms with E-state index in [9.17, 15) is 4.79 Å². The molecule has 9 heteroatoms. The van der Waals surface area contributed by atoms with Crippen LogP contribution in [0.2, 0.25) is 0 Å². The number of hydrogen-bond donors (Lipinski definition) is 1. The third-order valence-electron chi connectivity index (χ3n) is 4.07. The Kier molecular flexibility index (Phi) is 6.69. The van der Waals surface area contributed by atoms with Crippen molar-refractivity contribution in [3.8, 4) is 5.75 Å². The smallest absolute Gasteiger partial charge is 0.236 e. The zero-order valence-electron chi connectivity index (χ0n) is 16.3. The van der Waals surface area contributed by atoms with Gasteiger partial charge in [-0.2, -0.15) is 0 Å². The summed E-state index contributed by atoms with van der Waals surface area (Å²) in [6, 6.07) is 8.04. The van der Waals surface area contributed by atoms with Crippen LogP contribution < -0.4 is 10.1 Å². The third-order valence-corrected chi connectivity index (χ3v) is 5.97. The Balaban J connectivity index is 1.56. The highest BCUT2D eigenvalue weighted by Gasteiger charge is 2.18. The summed E-state index contributed by atoms with van der Waals surface area (Å²) in [6.07, 6.45) is 0.738. The summed E-state index contributed by atoms with van der Waals surface area (Å²) in [7, 11) is 1.87.